The van der Waals surface area contributed by atoms with Gasteiger partial charge in [0.2, 0.25) is 47.3 Å². The molecule has 0 radical (unpaired) electrons. The number of phenolic OH excluding ortho intramolecular Hbond substituents is 1. The first kappa shape index (κ1) is 77.1. The summed E-state index contributed by atoms with van der Waals surface area (Å²) in [6, 6.07) is 7.14. The summed E-state index contributed by atoms with van der Waals surface area (Å²) in [6.07, 6.45) is 4.20. The number of primary amides is 1. The van der Waals surface area contributed by atoms with E-state index in [1.807, 2.05) is 32.0 Å². The molecule has 2 aliphatic rings. The van der Waals surface area contributed by atoms with Gasteiger partial charge in [-0.25, -0.2) is 4.98 Å². The number of carboxylic acids is 1. The van der Waals surface area contributed by atoms with E-state index in [1.54, 1.807) is 18.5 Å². The number of hydrogen-bond donors (Lipinski definition) is 14. The molecule has 0 unspecified atom stereocenters. The molecule has 0 aliphatic carbocycles. The SMILES string of the molecule is CC(C)C[C@H](NC(=O)[C@@H](CCCCNC(=O)CCCC(=O)O)CC(=O)[C@@H](Cc1ccc(O)cc1)NC(=O)[C@H](CO)CC(=O)[C@H](Cc1c[nH]c2ccccc12)NC(=O)[C@@H](CC(=O)[C@@H]1CCC(=O)N1)Cc1ncc[nH]1)C(=O)C[C@@H](CCCN=C(N)N)C(=O)N1CCC[C@H]1C(=O)NCC(N)=O. The molecule has 2 saturated heterocycles. The standard InChI is InChI=1S/C68H94N14O16/c1-39(2)28-50(56(87)32-42(11-8-24-75-68(70)71)67(98)82-27-9-14-53(82)66(97)77-37-58(69)89)79-63(94)41(10-5-6-23-74-60(90)15-7-16-62(92)93)31-55(86)51(29-40-17-19-46(84)20-18-40)80-65(96)45(38-83)34-57(88)52(30-44-36-76-48-13-4-3-12-47(44)48)81-64(95)43(35-59-72-25-26-73-59)33-54(85)49-21-22-61(91)78-49/h3-4,12-13,17-20,25-26,36,39,41-43,45,49-53,76,83-84H,5-11,14-16,21-24,27-35,37-38H2,1-2H3,(H2,69,89)(H,72,73)(H,74,90)(H,77,97)(H,78,91)(H,79,94)(H,80,96)(H,81,95)(H,92,93)(H4,70,71,75)/t41-,42+,43-,45-,49-,50-,51+,52-,53-/m0/s1. The van der Waals surface area contributed by atoms with E-state index in [2.05, 4.69) is 51.8 Å². The fraction of sp³-hybridized carbons (Fsp3) is 0.544. The Morgan fingerprint density at radius 1 is 0.714 bits per heavy atom. The number of likely N-dealkylation sites (tertiary alicyclic amines) is 1. The van der Waals surface area contributed by atoms with Crippen LogP contribution in [0.15, 0.2) is 72.1 Å². The third-order valence-corrected chi connectivity index (χ3v) is 17.5. The van der Waals surface area contributed by atoms with Gasteiger partial charge < -0.3 is 79.3 Å². The molecule has 4 heterocycles. The molecule has 2 aliphatic heterocycles. The minimum atomic E-state index is -1.54. The topological polar surface area (TPSA) is 493 Å². The molecule has 9 atom stereocenters. The molecule has 8 amide bonds. The van der Waals surface area contributed by atoms with E-state index >= 15 is 4.79 Å². The normalized spacial score (nSPS) is 16.5. The minimum Gasteiger partial charge on any atom is -0.508 e. The van der Waals surface area contributed by atoms with Crippen molar-refractivity contribution in [1.29, 1.82) is 0 Å². The highest BCUT2D eigenvalue weighted by Crippen LogP contribution is 2.28. The lowest BCUT2D eigenvalue weighted by Crippen LogP contribution is -2.51. The van der Waals surface area contributed by atoms with E-state index in [-0.39, 0.29) is 146 Å². The van der Waals surface area contributed by atoms with Crippen molar-refractivity contribution in [1.82, 2.24) is 51.8 Å². The average Bonchev–Trinajstić information content (AvgIpc) is 1.64. The number of aliphatic imine (C=N–C) groups is 1. The number of aromatic nitrogens is 3. The number of nitrogens with two attached hydrogens (primary N) is 3. The van der Waals surface area contributed by atoms with Crippen molar-refractivity contribution in [3.63, 3.8) is 0 Å². The zero-order valence-corrected chi connectivity index (χ0v) is 55.5. The summed E-state index contributed by atoms with van der Waals surface area (Å²) < 4.78 is 0. The number of nitrogens with one attached hydrogen (secondary N) is 8. The van der Waals surface area contributed by atoms with Crippen molar-refractivity contribution in [2.24, 2.45) is 51.8 Å². The van der Waals surface area contributed by atoms with Crippen LogP contribution in [0.1, 0.15) is 140 Å². The van der Waals surface area contributed by atoms with E-state index in [9.17, 15) is 67.7 Å². The highest BCUT2D eigenvalue weighted by atomic mass is 16.4. The zero-order valence-electron chi connectivity index (χ0n) is 55.5. The second-order valence-electron chi connectivity index (χ2n) is 25.7. The summed E-state index contributed by atoms with van der Waals surface area (Å²) in [7, 11) is 0. The summed E-state index contributed by atoms with van der Waals surface area (Å²) in [5.74, 6) is -13.4. The molecular formula is C68H94N14O16. The maximum atomic E-state index is 15.1. The van der Waals surface area contributed by atoms with Crippen LogP contribution < -0.4 is 49.1 Å². The first-order valence-corrected chi connectivity index (χ1v) is 33.4. The Morgan fingerprint density at radius 2 is 1.37 bits per heavy atom. The van der Waals surface area contributed by atoms with Gasteiger partial charge in [0.05, 0.1) is 49.2 Å². The number of phenols is 1. The Morgan fingerprint density at radius 3 is 2.02 bits per heavy atom. The van der Waals surface area contributed by atoms with Crippen LogP contribution in [0.5, 0.6) is 5.75 Å². The Kier molecular flexibility index (Phi) is 30.5. The van der Waals surface area contributed by atoms with Gasteiger partial charge in [0, 0.05) is 119 Å². The number of unbranched alkanes of at least 4 members (excludes halogenated alkanes) is 1. The quantitative estimate of drug-likeness (QED) is 0.0166. The highest BCUT2D eigenvalue weighted by molar-refractivity contribution is 5.99. The number of carbonyl (C=O) groups is 13. The number of H-pyrrole nitrogens is 2. The van der Waals surface area contributed by atoms with Crippen molar-refractivity contribution in [2.75, 3.05) is 32.8 Å². The van der Waals surface area contributed by atoms with Crippen LogP contribution in [-0.2, 0) is 81.6 Å². The number of imidazole rings is 1. The number of fused-ring (bicyclic) bond motifs is 1. The number of nitrogens with zero attached hydrogens (tertiary/aromatic N) is 3. The third kappa shape index (κ3) is 25.0. The molecule has 2 aromatic carbocycles. The number of aromatic hydroxyl groups is 1. The Balaban J connectivity index is 1.27. The lowest BCUT2D eigenvalue weighted by atomic mass is 9.87. The van der Waals surface area contributed by atoms with Crippen molar-refractivity contribution >= 4 is 93.2 Å². The van der Waals surface area contributed by atoms with Gasteiger partial charge in [0.15, 0.2) is 29.1 Å². The Hall–Kier alpha value is -9.87. The van der Waals surface area contributed by atoms with E-state index < -0.39 is 157 Å². The first-order chi connectivity index (χ1) is 46.8. The molecule has 6 rings (SSSR count). The lowest BCUT2D eigenvalue weighted by Gasteiger charge is -2.29. The van der Waals surface area contributed by atoms with Crippen LogP contribution in [-0.4, -0.2) is 180 Å². The molecule has 532 valence electrons. The van der Waals surface area contributed by atoms with Gasteiger partial charge in [-0.1, -0.05) is 50.6 Å². The maximum Gasteiger partial charge on any atom is 0.303 e. The highest BCUT2D eigenvalue weighted by Gasteiger charge is 2.40. The van der Waals surface area contributed by atoms with Gasteiger partial charge in [-0.15, -0.1) is 0 Å². The average molecular weight is 1360 g/mol. The number of guanidine groups is 1. The summed E-state index contributed by atoms with van der Waals surface area (Å²) in [5, 5.41) is 47.2. The van der Waals surface area contributed by atoms with Crippen molar-refractivity contribution in [3.05, 3.63) is 84.1 Å². The van der Waals surface area contributed by atoms with Crippen LogP contribution in [0, 0.1) is 29.6 Å². The summed E-state index contributed by atoms with van der Waals surface area (Å²) in [6.45, 7) is 2.64. The van der Waals surface area contributed by atoms with Crippen LogP contribution in [0.4, 0.5) is 0 Å². The number of aliphatic hydroxyl groups excluding tert-OH is 1. The summed E-state index contributed by atoms with van der Waals surface area (Å²) in [4.78, 5) is 193. The molecule has 0 saturated carbocycles. The molecule has 0 bridgehead atoms. The molecule has 17 N–H and O–H groups in total. The van der Waals surface area contributed by atoms with Gasteiger partial charge in [-0.3, -0.25) is 67.3 Å². The third-order valence-electron chi connectivity index (χ3n) is 17.5. The van der Waals surface area contributed by atoms with Gasteiger partial charge >= 0.3 is 5.97 Å². The van der Waals surface area contributed by atoms with Gasteiger partial charge in [0.25, 0.3) is 0 Å². The molecule has 98 heavy (non-hydrogen) atoms. The number of benzene rings is 2. The predicted molar refractivity (Wildman–Crippen MR) is 357 cm³/mol. The number of aliphatic carboxylic acids is 1. The van der Waals surface area contributed by atoms with Gasteiger partial charge in [0.1, 0.15) is 17.6 Å². The summed E-state index contributed by atoms with van der Waals surface area (Å²) in [5.41, 5.74) is 18.2. The number of rotatable bonds is 44. The monoisotopic (exact) mass is 1360 g/mol. The number of carboxylic acid groups (broad SMARTS) is 1. The molecule has 30 heteroatoms. The number of hydrogen-bond acceptors (Lipinski definition) is 17. The number of carbonyl (C=O) groups excluding carboxylic acids is 12. The van der Waals surface area contributed by atoms with E-state index in [1.165, 1.54) is 35.4 Å². The van der Waals surface area contributed by atoms with E-state index in [0.29, 0.717) is 23.4 Å². The number of para-hydroxylation sites is 1. The fourth-order valence-corrected chi connectivity index (χ4v) is 12.3. The lowest BCUT2D eigenvalue weighted by molar-refractivity contribution is -0.143. The molecule has 2 aromatic heterocycles. The van der Waals surface area contributed by atoms with Crippen molar-refractivity contribution in [2.45, 2.75) is 172 Å². The smallest absolute Gasteiger partial charge is 0.303 e. The molecule has 2 fully saturated rings. The Bertz CT molecular complexity index is 3460. The molecule has 4 aromatic rings. The number of aromatic amines is 2. The second-order valence-corrected chi connectivity index (χ2v) is 25.7. The van der Waals surface area contributed by atoms with Gasteiger partial charge in [-0.05, 0) is 99.5 Å². The summed E-state index contributed by atoms with van der Waals surface area (Å²) >= 11 is 0. The van der Waals surface area contributed by atoms with Crippen LogP contribution in [0.2, 0.25) is 0 Å². The largest absolute Gasteiger partial charge is 0.508 e. The molecule has 0 spiro atoms. The zero-order chi connectivity index (χ0) is 71.4. The van der Waals surface area contributed by atoms with Crippen LogP contribution in [0.3, 0.4) is 0 Å². The first-order valence-electron chi connectivity index (χ1n) is 33.4. The predicted octanol–water partition coefficient (Wildman–Crippen LogP) is 0.885. The molecular weight excluding hydrogens is 1270 g/mol. The number of aliphatic hydroxyl groups is 1. The Labute approximate surface area is 567 Å². The molecule has 30 nitrogen and oxygen atoms in total. The van der Waals surface area contributed by atoms with Crippen LogP contribution >= 0.6 is 0 Å². The van der Waals surface area contributed by atoms with E-state index in [0.717, 1.165) is 10.9 Å². The minimum absolute atomic E-state index is 0.0139. The maximum absolute atomic E-state index is 15.1. The number of ketones is 4. The second kappa shape index (κ2) is 38.8. The number of amides is 8. The van der Waals surface area contributed by atoms with E-state index in [4.69, 9.17) is 22.3 Å². The van der Waals surface area contributed by atoms with Gasteiger partial charge in [-0.2, -0.15) is 0 Å². The van der Waals surface area contributed by atoms with Crippen molar-refractivity contribution < 1.29 is 77.6 Å². The number of Topliss-reactive ketones (excluding diaryl/α,β-unsaturated/α-hetero) is 4. The van der Waals surface area contributed by atoms with Crippen molar-refractivity contribution in [3.8, 4) is 5.75 Å². The van der Waals surface area contributed by atoms with Crippen LogP contribution in [0.25, 0.3) is 10.9 Å². The fourth-order valence-electron chi connectivity index (χ4n) is 12.3.